The Labute approximate surface area is 205 Å². The molecule has 0 spiro atoms. The highest BCUT2D eigenvalue weighted by atomic mass is 35.5. The fraction of sp³-hybridized carbons (Fsp3) is 0.286. The molecule has 0 saturated carbocycles. The molecule has 0 unspecified atom stereocenters. The van der Waals surface area contributed by atoms with Crippen LogP contribution in [-0.4, -0.2) is 28.8 Å². The van der Waals surface area contributed by atoms with Crippen molar-refractivity contribution in [2.45, 2.75) is 51.7 Å². The first-order chi connectivity index (χ1) is 16.4. The van der Waals surface area contributed by atoms with Gasteiger partial charge >= 0.3 is 0 Å². The highest BCUT2D eigenvalue weighted by Crippen LogP contribution is 2.22. The number of carbonyl (C=O) groups excluding carboxylic acids is 2. The van der Waals surface area contributed by atoms with Crippen molar-refractivity contribution >= 4 is 23.4 Å². The maximum Gasteiger partial charge on any atom is 0.243 e. The molecule has 0 aliphatic rings. The van der Waals surface area contributed by atoms with Gasteiger partial charge in [-0.05, 0) is 36.6 Å². The maximum atomic E-state index is 14.5. The Morgan fingerprint density at radius 1 is 0.941 bits per heavy atom. The lowest BCUT2D eigenvalue weighted by atomic mass is 10.0. The van der Waals surface area contributed by atoms with E-state index in [1.165, 1.54) is 12.1 Å². The van der Waals surface area contributed by atoms with E-state index in [0.717, 1.165) is 17.5 Å². The number of benzene rings is 3. The smallest absolute Gasteiger partial charge is 0.243 e. The van der Waals surface area contributed by atoms with E-state index >= 15 is 0 Å². The molecule has 0 saturated heterocycles. The zero-order valence-corrected chi connectivity index (χ0v) is 20.3. The molecule has 0 fully saturated rings. The average molecular weight is 481 g/mol. The van der Waals surface area contributed by atoms with E-state index in [4.69, 9.17) is 11.6 Å². The van der Waals surface area contributed by atoms with Crippen LogP contribution in [0, 0.1) is 5.82 Å². The van der Waals surface area contributed by atoms with E-state index in [1.807, 2.05) is 74.5 Å². The SMILES string of the molecule is CC[C@@H](C)NC(=O)[C@@H](Cc1ccccc1)N(Cc1ccccc1)C(=O)Cc1c(F)cccc1Cl. The summed E-state index contributed by atoms with van der Waals surface area (Å²) in [5.74, 6) is -1.14. The van der Waals surface area contributed by atoms with Crippen LogP contribution in [0.3, 0.4) is 0 Å². The molecule has 3 aromatic rings. The van der Waals surface area contributed by atoms with Crippen LogP contribution in [0.4, 0.5) is 4.39 Å². The molecule has 0 bridgehead atoms. The molecular formula is C28H30ClFN2O2. The summed E-state index contributed by atoms with van der Waals surface area (Å²) in [5.41, 5.74) is 1.94. The van der Waals surface area contributed by atoms with Crippen LogP contribution in [0.2, 0.25) is 5.02 Å². The zero-order valence-electron chi connectivity index (χ0n) is 19.5. The van der Waals surface area contributed by atoms with Crippen LogP contribution in [0.5, 0.6) is 0 Å². The summed E-state index contributed by atoms with van der Waals surface area (Å²) in [5, 5.41) is 3.22. The summed E-state index contributed by atoms with van der Waals surface area (Å²) in [6.07, 6.45) is 0.869. The summed E-state index contributed by atoms with van der Waals surface area (Å²) in [6.45, 7) is 4.14. The topological polar surface area (TPSA) is 49.4 Å². The minimum Gasteiger partial charge on any atom is -0.352 e. The van der Waals surface area contributed by atoms with Gasteiger partial charge in [0.15, 0.2) is 0 Å². The first kappa shape index (κ1) is 25.4. The van der Waals surface area contributed by atoms with E-state index in [-0.39, 0.29) is 41.4 Å². The van der Waals surface area contributed by atoms with E-state index < -0.39 is 11.9 Å². The van der Waals surface area contributed by atoms with Crippen molar-refractivity contribution in [2.24, 2.45) is 0 Å². The summed E-state index contributed by atoms with van der Waals surface area (Å²) in [6, 6.07) is 22.6. The van der Waals surface area contributed by atoms with Crippen molar-refractivity contribution in [2.75, 3.05) is 0 Å². The molecule has 3 aromatic carbocycles. The van der Waals surface area contributed by atoms with Gasteiger partial charge in [0.2, 0.25) is 11.8 Å². The lowest BCUT2D eigenvalue weighted by Gasteiger charge is -2.32. The number of nitrogens with zero attached hydrogens (tertiary/aromatic N) is 1. The Bertz CT molecular complexity index is 1070. The molecule has 0 aliphatic carbocycles. The molecule has 2 atom stereocenters. The van der Waals surface area contributed by atoms with Gasteiger partial charge in [0, 0.05) is 29.6 Å². The molecule has 34 heavy (non-hydrogen) atoms. The lowest BCUT2D eigenvalue weighted by Crippen LogP contribution is -2.52. The summed E-state index contributed by atoms with van der Waals surface area (Å²) in [7, 11) is 0. The summed E-state index contributed by atoms with van der Waals surface area (Å²) in [4.78, 5) is 28.6. The molecular weight excluding hydrogens is 451 g/mol. The van der Waals surface area contributed by atoms with Gasteiger partial charge in [-0.1, -0.05) is 85.3 Å². The van der Waals surface area contributed by atoms with Gasteiger partial charge in [-0.15, -0.1) is 0 Å². The van der Waals surface area contributed by atoms with Crippen LogP contribution in [0.1, 0.15) is 37.0 Å². The fourth-order valence-electron chi connectivity index (χ4n) is 3.73. The molecule has 6 heteroatoms. The molecule has 0 radical (unpaired) electrons. The fourth-order valence-corrected chi connectivity index (χ4v) is 3.96. The predicted octanol–water partition coefficient (Wildman–Crippen LogP) is 5.58. The highest BCUT2D eigenvalue weighted by Gasteiger charge is 2.31. The third-order valence-electron chi connectivity index (χ3n) is 5.86. The second-order valence-corrected chi connectivity index (χ2v) is 8.81. The molecule has 0 aliphatic heterocycles. The minimum atomic E-state index is -0.769. The van der Waals surface area contributed by atoms with E-state index in [0.29, 0.717) is 6.42 Å². The van der Waals surface area contributed by atoms with Gasteiger partial charge < -0.3 is 10.2 Å². The van der Waals surface area contributed by atoms with Gasteiger partial charge in [-0.25, -0.2) is 4.39 Å². The third kappa shape index (κ3) is 6.91. The van der Waals surface area contributed by atoms with E-state index in [1.54, 1.807) is 11.0 Å². The molecule has 0 heterocycles. The van der Waals surface area contributed by atoms with Crippen molar-refractivity contribution in [3.05, 3.63) is 106 Å². The van der Waals surface area contributed by atoms with E-state index in [9.17, 15) is 14.0 Å². The normalized spacial score (nSPS) is 12.6. The second kappa shape index (κ2) is 12.3. The summed E-state index contributed by atoms with van der Waals surface area (Å²) >= 11 is 6.21. The molecule has 4 nitrogen and oxygen atoms in total. The molecule has 1 N–H and O–H groups in total. The van der Waals surface area contributed by atoms with Crippen molar-refractivity contribution in [1.82, 2.24) is 10.2 Å². The third-order valence-corrected chi connectivity index (χ3v) is 6.21. The number of hydrogen-bond acceptors (Lipinski definition) is 2. The van der Waals surface area contributed by atoms with Crippen molar-refractivity contribution in [3.8, 4) is 0 Å². The monoisotopic (exact) mass is 480 g/mol. The number of carbonyl (C=O) groups is 2. The first-order valence-electron chi connectivity index (χ1n) is 11.5. The van der Waals surface area contributed by atoms with Crippen LogP contribution in [0.25, 0.3) is 0 Å². The Balaban J connectivity index is 1.99. The zero-order chi connectivity index (χ0) is 24.5. The standard InChI is InChI=1S/C28H30ClFN2O2/c1-3-20(2)31-28(34)26(17-21-11-6-4-7-12-21)32(19-22-13-8-5-9-14-22)27(33)18-23-24(29)15-10-16-25(23)30/h4-16,20,26H,3,17-19H2,1-2H3,(H,31,34)/t20-,26-/m1/s1. The largest absolute Gasteiger partial charge is 0.352 e. The number of hydrogen-bond donors (Lipinski definition) is 1. The molecule has 3 rings (SSSR count). The van der Waals surface area contributed by atoms with Gasteiger partial charge in [0.05, 0.1) is 6.42 Å². The minimum absolute atomic E-state index is 0.0412. The molecule has 178 valence electrons. The van der Waals surface area contributed by atoms with Crippen molar-refractivity contribution in [1.29, 1.82) is 0 Å². The van der Waals surface area contributed by atoms with Gasteiger partial charge in [-0.2, -0.15) is 0 Å². The van der Waals surface area contributed by atoms with Gasteiger partial charge in [0.1, 0.15) is 11.9 Å². The van der Waals surface area contributed by atoms with Crippen molar-refractivity contribution < 1.29 is 14.0 Å². The van der Waals surface area contributed by atoms with Crippen LogP contribution in [0.15, 0.2) is 78.9 Å². The molecule has 0 aromatic heterocycles. The van der Waals surface area contributed by atoms with E-state index in [2.05, 4.69) is 5.32 Å². The predicted molar refractivity (Wildman–Crippen MR) is 134 cm³/mol. The van der Waals surface area contributed by atoms with Gasteiger partial charge in [0.25, 0.3) is 0 Å². The Kier molecular flexibility index (Phi) is 9.23. The van der Waals surface area contributed by atoms with Crippen LogP contribution >= 0.6 is 11.6 Å². The lowest BCUT2D eigenvalue weighted by molar-refractivity contribution is -0.141. The number of rotatable bonds is 10. The van der Waals surface area contributed by atoms with Crippen LogP contribution < -0.4 is 5.32 Å². The second-order valence-electron chi connectivity index (χ2n) is 8.41. The number of amides is 2. The van der Waals surface area contributed by atoms with Crippen molar-refractivity contribution in [3.63, 3.8) is 0 Å². The first-order valence-corrected chi connectivity index (χ1v) is 11.9. The summed E-state index contributed by atoms with van der Waals surface area (Å²) < 4.78 is 14.5. The quantitative estimate of drug-likeness (QED) is 0.412. The Morgan fingerprint density at radius 2 is 1.56 bits per heavy atom. The molecule has 2 amide bonds. The maximum absolute atomic E-state index is 14.5. The van der Waals surface area contributed by atoms with Crippen LogP contribution in [-0.2, 0) is 29.0 Å². The van der Waals surface area contributed by atoms with Gasteiger partial charge in [-0.3, -0.25) is 9.59 Å². The number of nitrogens with one attached hydrogen (secondary N) is 1. The number of halogens is 2. The highest BCUT2D eigenvalue weighted by molar-refractivity contribution is 6.31. The Hall–Kier alpha value is -3.18. The average Bonchev–Trinajstić information content (AvgIpc) is 2.84. The Morgan fingerprint density at radius 3 is 2.15 bits per heavy atom.